The third kappa shape index (κ3) is 6.02. The van der Waals surface area contributed by atoms with Gasteiger partial charge < -0.3 is 14.8 Å². The Bertz CT molecular complexity index is 759. The van der Waals surface area contributed by atoms with Crippen LogP contribution >= 0.6 is 12.6 Å². The van der Waals surface area contributed by atoms with Crippen LogP contribution in [-0.4, -0.2) is 40.1 Å². The van der Waals surface area contributed by atoms with E-state index in [1.54, 1.807) is 19.2 Å². The first-order valence-corrected chi connectivity index (χ1v) is 9.42. The minimum Gasteiger partial charge on any atom is -0.471 e. The number of benzene rings is 1. The van der Waals surface area contributed by atoms with E-state index in [-0.39, 0.29) is 24.8 Å². The molecule has 7 nitrogen and oxygen atoms in total. The fourth-order valence-electron chi connectivity index (χ4n) is 2.30. The maximum Gasteiger partial charge on any atom is 0.329 e. The molecule has 0 aliphatic heterocycles. The van der Waals surface area contributed by atoms with Crippen LogP contribution in [0.5, 0.6) is 5.75 Å². The fourth-order valence-corrected chi connectivity index (χ4v) is 2.54. The van der Waals surface area contributed by atoms with Gasteiger partial charge in [0.25, 0.3) is 5.91 Å². The zero-order chi connectivity index (χ0) is 19.8. The lowest BCUT2D eigenvalue weighted by Gasteiger charge is -2.14. The molecule has 2 rings (SSSR count). The zero-order valence-corrected chi connectivity index (χ0v) is 16.6. The molecule has 0 unspecified atom stereocenters. The summed E-state index contributed by atoms with van der Waals surface area (Å²) in [4.78, 5) is 24.0. The SMILES string of the molecule is CCOC(=O)[C@H](CS)NC(=O)c1ccn(COc2ccc(C(C)C)cc2)n1. The summed E-state index contributed by atoms with van der Waals surface area (Å²) < 4.78 is 12.1. The van der Waals surface area contributed by atoms with Gasteiger partial charge in [0.1, 0.15) is 17.5 Å². The van der Waals surface area contributed by atoms with Gasteiger partial charge >= 0.3 is 5.97 Å². The molecule has 27 heavy (non-hydrogen) atoms. The maximum absolute atomic E-state index is 12.2. The third-order valence-corrected chi connectivity index (χ3v) is 4.21. The Hall–Kier alpha value is -2.48. The smallest absolute Gasteiger partial charge is 0.329 e. The number of hydrogen-bond donors (Lipinski definition) is 2. The van der Waals surface area contributed by atoms with Crippen LogP contribution in [0.15, 0.2) is 36.5 Å². The Kier molecular flexibility index (Phi) is 7.72. The highest BCUT2D eigenvalue weighted by atomic mass is 32.1. The van der Waals surface area contributed by atoms with Crippen molar-refractivity contribution in [3.05, 3.63) is 47.8 Å². The second-order valence-electron chi connectivity index (χ2n) is 6.20. The van der Waals surface area contributed by atoms with Gasteiger partial charge in [-0.2, -0.15) is 17.7 Å². The molecule has 0 bridgehead atoms. The van der Waals surface area contributed by atoms with E-state index in [4.69, 9.17) is 9.47 Å². The third-order valence-electron chi connectivity index (χ3n) is 3.84. The number of aromatic nitrogens is 2. The van der Waals surface area contributed by atoms with Gasteiger partial charge in [0, 0.05) is 11.9 Å². The highest BCUT2D eigenvalue weighted by Crippen LogP contribution is 2.18. The number of nitrogens with one attached hydrogen (secondary N) is 1. The summed E-state index contributed by atoms with van der Waals surface area (Å²) in [7, 11) is 0. The lowest BCUT2D eigenvalue weighted by atomic mass is 10.0. The summed E-state index contributed by atoms with van der Waals surface area (Å²) >= 11 is 4.07. The van der Waals surface area contributed by atoms with Gasteiger partial charge in [0.2, 0.25) is 0 Å². The Morgan fingerprint density at radius 2 is 1.93 bits per heavy atom. The molecule has 0 aliphatic carbocycles. The highest BCUT2D eigenvalue weighted by molar-refractivity contribution is 7.80. The number of esters is 1. The summed E-state index contributed by atoms with van der Waals surface area (Å²) in [6, 6.07) is 8.60. The van der Waals surface area contributed by atoms with Crippen molar-refractivity contribution in [3.63, 3.8) is 0 Å². The van der Waals surface area contributed by atoms with Gasteiger partial charge in [-0.3, -0.25) is 4.79 Å². The Labute approximate surface area is 164 Å². The van der Waals surface area contributed by atoms with Crippen molar-refractivity contribution in [2.45, 2.75) is 39.5 Å². The van der Waals surface area contributed by atoms with E-state index in [2.05, 4.69) is 36.9 Å². The molecular formula is C19H25N3O4S. The molecule has 146 valence electrons. The van der Waals surface area contributed by atoms with Crippen LogP contribution in [0.4, 0.5) is 0 Å². The predicted molar refractivity (Wildman–Crippen MR) is 105 cm³/mol. The van der Waals surface area contributed by atoms with Gasteiger partial charge in [-0.05, 0) is 36.6 Å². The molecule has 1 aromatic heterocycles. The summed E-state index contributed by atoms with van der Waals surface area (Å²) in [6.07, 6.45) is 1.64. The summed E-state index contributed by atoms with van der Waals surface area (Å²) in [6.45, 7) is 6.37. The predicted octanol–water partition coefficient (Wildman–Crippen LogP) is 2.63. The standard InChI is InChI=1S/C19H25N3O4S/c1-4-25-19(24)17(11-27)20-18(23)16-9-10-22(21-16)12-26-15-7-5-14(6-8-15)13(2)3/h5-10,13,17,27H,4,11-12H2,1-3H3,(H,20,23)/t17-/m0/s1. The zero-order valence-electron chi connectivity index (χ0n) is 15.7. The second-order valence-corrected chi connectivity index (χ2v) is 6.56. The van der Waals surface area contributed by atoms with Crippen LogP contribution in [0, 0.1) is 0 Å². The molecule has 0 saturated heterocycles. The molecule has 0 saturated carbocycles. The first kappa shape index (κ1) is 20.8. The Morgan fingerprint density at radius 1 is 1.22 bits per heavy atom. The molecule has 0 aliphatic rings. The van der Waals surface area contributed by atoms with Gasteiger partial charge in [-0.1, -0.05) is 26.0 Å². The van der Waals surface area contributed by atoms with E-state index in [9.17, 15) is 9.59 Å². The Balaban J connectivity index is 1.91. The number of amides is 1. The molecule has 2 aromatic rings. The molecule has 0 radical (unpaired) electrons. The first-order valence-electron chi connectivity index (χ1n) is 8.79. The van der Waals surface area contributed by atoms with Crippen LogP contribution in [0.3, 0.4) is 0 Å². The lowest BCUT2D eigenvalue weighted by Crippen LogP contribution is -2.43. The molecule has 1 heterocycles. The topological polar surface area (TPSA) is 82.5 Å². The van der Waals surface area contributed by atoms with E-state index >= 15 is 0 Å². The van der Waals surface area contributed by atoms with Gasteiger partial charge in [0.15, 0.2) is 6.73 Å². The van der Waals surface area contributed by atoms with Crippen molar-refractivity contribution in [2.75, 3.05) is 12.4 Å². The fraction of sp³-hybridized carbons (Fsp3) is 0.421. The Morgan fingerprint density at radius 3 is 2.52 bits per heavy atom. The highest BCUT2D eigenvalue weighted by Gasteiger charge is 2.22. The second kappa shape index (κ2) is 10.0. The van der Waals surface area contributed by atoms with Gasteiger partial charge in [0.05, 0.1) is 6.61 Å². The van der Waals surface area contributed by atoms with Crippen molar-refractivity contribution in [1.29, 1.82) is 0 Å². The maximum atomic E-state index is 12.2. The number of hydrogen-bond acceptors (Lipinski definition) is 6. The van der Waals surface area contributed by atoms with E-state index in [1.165, 1.54) is 10.2 Å². The van der Waals surface area contributed by atoms with E-state index < -0.39 is 17.9 Å². The molecule has 1 aromatic carbocycles. The molecule has 0 spiro atoms. The summed E-state index contributed by atoms with van der Waals surface area (Å²) in [5.41, 5.74) is 1.42. The van der Waals surface area contributed by atoms with E-state index in [0.29, 0.717) is 5.92 Å². The average molecular weight is 391 g/mol. The minimum atomic E-state index is -0.818. The lowest BCUT2D eigenvalue weighted by molar-refractivity contribution is -0.144. The number of nitrogens with zero attached hydrogens (tertiary/aromatic N) is 2. The van der Waals surface area contributed by atoms with Crippen molar-refractivity contribution >= 4 is 24.5 Å². The van der Waals surface area contributed by atoms with Crippen molar-refractivity contribution in [3.8, 4) is 5.75 Å². The normalized spacial score (nSPS) is 11.9. The monoisotopic (exact) mass is 391 g/mol. The van der Waals surface area contributed by atoms with Crippen LogP contribution in [0.1, 0.15) is 42.7 Å². The molecule has 1 amide bonds. The van der Waals surface area contributed by atoms with Crippen LogP contribution in [0.25, 0.3) is 0 Å². The van der Waals surface area contributed by atoms with Crippen LogP contribution in [-0.2, 0) is 16.3 Å². The first-order chi connectivity index (χ1) is 12.9. The number of thiol groups is 1. The molecule has 8 heteroatoms. The molecular weight excluding hydrogens is 366 g/mol. The van der Waals surface area contributed by atoms with Gasteiger partial charge in [-0.25, -0.2) is 9.48 Å². The number of ether oxygens (including phenoxy) is 2. The van der Waals surface area contributed by atoms with E-state index in [0.717, 1.165) is 5.75 Å². The number of rotatable bonds is 9. The summed E-state index contributed by atoms with van der Waals surface area (Å²) in [5, 5.41) is 6.73. The van der Waals surface area contributed by atoms with Crippen molar-refractivity contribution < 1.29 is 19.1 Å². The molecule has 0 fully saturated rings. The largest absolute Gasteiger partial charge is 0.471 e. The van der Waals surface area contributed by atoms with Crippen molar-refractivity contribution in [1.82, 2.24) is 15.1 Å². The molecule has 1 N–H and O–H groups in total. The number of carbonyl (C=O) groups is 2. The van der Waals surface area contributed by atoms with Crippen molar-refractivity contribution in [2.24, 2.45) is 0 Å². The van der Waals surface area contributed by atoms with Gasteiger partial charge in [-0.15, -0.1) is 0 Å². The summed E-state index contributed by atoms with van der Waals surface area (Å²) in [5.74, 6) is 0.330. The quantitative estimate of drug-likeness (QED) is 0.507. The van der Waals surface area contributed by atoms with Crippen LogP contribution in [0.2, 0.25) is 0 Å². The van der Waals surface area contributed by atoms with E-state index in [1.807, 2.05) is 24.3 Å². The minimum absolute atomic E-state index is 0.140. The van der Waals surface area contributed by atoms with Crippen LogP contribution < -0.4 is 10.1 Å². The average Bonchev–Trinajstić information content (AvgIpc) is 3.14. The number of carbonyl (C=O) groups excluding carboxylic acids is 2. The molecule has 1 atom stereocenters.